The summed E-state index contributed by atoms with van der Waals surface area (Å²) in [7, 11) is 0. The van der Waals surface area contributed by atoms with E-state index in [-0.39, 0.29) is 0 Å². The van der Waals surface area contributed by atoms with Gasteiger partial charge < -0.3 is 5.32 Å². The molecular formula is C16H23ClN2. The number of rotatable bonds is 4. The summed E-state index contributed by atoms with van der Waals surface area (Å²) in [5.74, 6) is 1.81. The van der Waals surface area contributed by atoms with Crippen LogP contribution in [0, 0.1) is 5.41 Å². The predicted molar refractivity (Wildman–Crippen MR) is 81.0 cm³/mol. The standard InChI is InChI=1S/C16H23ClN2/c17-11-16(9-2-1-3-10-16)12-18-15-8-7-13-5-4-6-14(13)19-15/h7-8H,1-6,9-12H2,(H,18,19). The van der Waals surface area contributed by atoms with E-state index in [4.69, 9.17) is 16.6 Å². The van der Waals surface area contributed by atoms with Gasteiger partial charge in [0.2, 0.25) is 0 Å². The fourth-order valence-electron chi connectivity index (χ4n) is 3.46. The summed E-state index contributed by atoms with van der Waals surface area (Å²) >= 11 is 6.24. The molecule has 0 unspecified atom stereocenters. The first-order valence-corrected chi connectivity index (χ1v) is 8.13. The first kappa shape index (κ1) is 13.2. The number of aryl methyl sites for hydroxylation is 2. The monoisotopic (exact) mass is 278 g/mol. The van der Waals surface area contributed by atoms with E-state index in [1.54, 1.807) is 0 Å². The molecule has 2 aliphatic carbocycles. The highest BCUT2D eigenvalue weighted by atomic mass is 35.5. The van der Waals surface area contributed by atoms with Gasteiger partial charge in [-0.3, -0.25) is 0 Å². The van der Waals surface area contributed by atoms with Crippen LogP contribution in [-0.4, -0.2) is 17.4 Å². The molecule has 0 aromatic carbocycles. The SMILES string of the molecule is ClCC1(CNc2ccc3c(n2)CCC3)CCCCC1. The Kier molecular flexibility index (Phi) is 3.97. The summed E-state index contributed by atoms with van der Waals surface area (Å²) in [5, 5.41) is 3.54. The van der Waals surface area contributed by atoms with Crippen molar-refractivity contribution in [2.24, 2.45) is 5.41 Å². The zero-order valence-electron chi connectivity index (χ0n) is 11.6. The lowest BCUT2D eigenvalue weighted by molar-refractivity contribution is 0.238. The summed E-state index contributed by atoms with van der Waals surface area (Å²) in [6, 6.07) is 4.38. The third-order valence-corrected chi connectivity index (χ3v) is 5.34. The molecule has 19 heavy (non-hydrogen) atoms. The fourth-order valence-corrected chi connectivity index (χ4v) is 3.82. The molecule has 0 radical (unpaired) electrons. The van der Waals surface area contributed by atoms with Crippen LogP contribution in [0.5, 0.6) is 0 Å². The molecule has 1 fully saturated rings. The quantitative estimate of drug-likeness (QED) is 0.836. The van der Waals surface area contributed by atoms with Crippen molar-refractivity contribution in [2.45, 2.75) is 51.4 Å². The number of halogens is 1. The van der Waals surface area contributed by atoms with Crippen LogP contribution in [0.4, 0.5) is 5.82 Å². The van der Waals surface area contributed by atoms with E-state index < -0.39 is 0 Å². The fraction of sp³-hybridized carbons (Fsp3) is 0.688. The minimum atomic E-state index is 0.292. The summed E-state index contributed by atoms with van der Waals surface area (Å²) in [5.41, 5.74) is 3.03. The summed E-state index contributed by atoms with van der Waals surface area (Å²) in [6.45, 7) is 0.974. The third-order valence-electron chi connectivity index (χ3n) is 4.77. The van der Waals surface area contributed by atoms with Gasteiger partial charge in [0.05, 0.1) is 0 Å². The maximum atomic E-state index is 6.24. The van der Waals surface area contributed by atoms with Gasteiger partial charge in [-0.1, -0.05) is 25.3 Å². The van der Waals surface area contributed by atoms with Crippen molar-refractivity contribution in [3.05, 3.63) is 23.4 Å². The Morgan fingerprint density at radius 2 is 1.95 bits per heavy atom. The Morgan fingerprint density at radius 3 is 2.74 bits per heavy atom. The molecule has 1 heterocycles. The first-order chi connectivity index (χ1) is 9.31. The van der Waals surface area contributed by atoms with Crippen molar-refractivity contribution in [2.75, 3.05) is 17.7 Å². The van der Waals surface area contributed by atoms with Gasteiger partial charge in [0.25, 0.3) is 0 Å². The van der Waals surface area contributed by atoms with Crippen molar-refractivity contribution >= 4 is 17.4 Å². The molecule has 0 spiro atoms. The molecule has 2 aliphatic rings. The number of anilines is 1. The number of hydrogen-bond donors (Lipinski definition) is 1. The van der Waals surface area contributed by atoms with Gasteiger partial charge in [-0.15, -0.1) is 11.6 Å². The summed E-state index contributed by atoms with van der Waals surface area (Å²) < 4.78 is 0. The molecule has 104 valence electrons. The number of fused-ring (bicyclic) bond motifs is 1. The smallest absolute Gasteiger partial charge is 0.126 e. The van der Waals surface area contributed by atoms with Crippen molar-refractivity contribution < 1.29 is 0 Å². The Labute approximate surface area is 121 Å². The van der Waals surface area contributed by atoms with E-state index >= 15 is 0 Å². The summed E-state index contributed by atoms with van der Waals surface area (Å²) in [4.78, 5) is 4.75. The van der Waals surface area contributed by atoms with Crippen LogP contribution in [0.15, 0.2) is 12.1 Å². The Bertz CT molecular complexity index is 438. The van der Waals surface area contributed by atoms with Gasteiger partial charge in [-0.05, 0) is 43.7 Å². The predicted octanol–water partition coefficient (Wildman–Crippen LogP) is 4.17. The number of nitrogens with zero attached hydrogens (tertiary/aromatic N) is 1. The largest absolute Gasteiger partial charge is 0.369 e. The highest BCUT2D eigenvalue weighted by Gasteiger charge is 2.31. The second-order valence-corrected chi connectivity index (χ2v) is 6.47. The van der Waals surface area contributed by atoms with Gasteiger partial charge >= 0.3 is 0 Å². The minimum Gasteiger partial charge on any atom is -0.369 e. The van der Waals surface area contributed by atoms with Crippen molar-refractivity contribution in [1.82, 2.24) is 4.98 Å². The Morgan fingerprint density at radius 1 is 1.11 bits per heavy atom. The summed E-state index contributed by atoms with van der Waals surface area (Å²) in [6.07, 6.45) is 10.1. The van der Waals surface area contributed by atoms with E-state index in [9.17, 15) is 0 Å². The molecule has 3 heteroatoms. The van der Waals surface area contributed by atoms with Crippen LogP contribution >= 0.6 is 11.6 Å². The highest BCUT2D eigenvalue weighted by Crippen LogP contribution is 2.37. The van der Waals surface area contributed by atoms with Gasteiger partial charge in [0.1, 0.15) is 5.82 Å². The van der Waals surface area contributed by atoms with E-state index in [0.717, 1.165) is 24.7 Å². The van der Waals surface area contributed by atoms with Crippen LogP contribution in [0.25, 0.3) is 0 Å². The number of nitrogens with one attached hydrogen (secondary N) is 1. The van der Waals surface area contributed by atoms with Crippen LogP contribution in [0.1, 0.15) is 49.8 Å². The van der Waals surface area contributed by atoms with Gasteiger partial charge in [0, 0.05) is 23.5 Å². The van der Waals surface area contributed by atoms with E-state index in [1.807, 2.05) is 0 Å². The molecule has 3 rings (SSSR count). The number of hydrogen-bond acceptors (Lipinski definition) is 2. The molecule has 0 atom stereocenters. The van der Waals surface area contributed by atoms with Gasteiger partial charge in [0.15, 0.2) is 0 Å². The number of alkyl halides is 1. The normalized spacial score (nSPS) is 21.1. The second-order valence-electron chi connectivity index (χ2n) is 6.20. The molecule has 0 saturated heterocycles. The molecule has 1 aromatic rings. The second kappa shape index (κ2) is 5.70. The van der Waals surface area contributed by atoms with E-state index in [0.29, 0.717) is 5.41 Å². The van der Waals surface area contributed by atoms with E-state index in [2.05, 4.69) is 17.4 Å². The lowest BCUT2D eigenvalue weighted by atomic mass is 9.75. The maximum absolute atomic E-state index is 6.24. The highest BCUT2D eigenvalue weighted by molar-refractivity contribution is 6.18. The number of pyridine rings is 1. The molecule has 1 aromatic heterocycles. The van der Waals surface area contributed by atoms with Crippen LogP contribution in [-0.2, 0) is 12.8 Å². The lowest BCUT2D eigenvalue weighted by Gasteiger charge is -2.35. The molecule has 1 N–H and O–H groups in total. The molecule has 0 amide bonds. The van der Waals surface area contributed by atoms with Gasteiger partial charge in [-0.25, -0.2) is 4.98 Å². The van der Waals surface area contributed by atoms with Crippen molar-refractivity contribution in [3.63, 3.8) is 0 Å². The minimum absolute atomic E-state index is 0.292. The third kappa shape index (κ3) is 2.89. The maximum Gasteiger partial charge on any atom is 0.126 e. The van der Waals surface area contributed by atoms with Crippen molar-refractivity contribution in [1.29, 1.82) is 0 Å². The van der Waals surface area contributed by atoms with E-state index in [1.165, 1.54) is 56.2 Å². The Hall–Kier alpha value is -0.760. The average molecular weight is 279 g/mol. The molecule has 0 aliphatic heterocycles. The molecule has 0 bridgehead atoms. The van der Waals surface area contributed by atoms with Crippen molar-refractivity contribution in [3.8, 4) is 0 Å². The first-order valence-electron chi connectivity index (χ1n) is 7.60. The molecule has 2 nitrogen and oxygen atoms in total. The zero-order valence-corrected chi connectivity index (χ0v) is 12.3. The van der Waals surface area contributed by atoms with Gasteiger partial charge in [-0.2, -0.15) is 0 Å². The van der Waals surface area contributed by atoms with Crippen LogP contribution in [0.3, 0.4) is 0 Å². The average Bonchev–Trinajstić information content (AvgIpc) is 2.93. The number of aromatic nitrogens is 1. The van der Waals surface area contributed by atoms with Crippen LogP contribution in [0.2, 0.25) is 0 Å². The Balaban J connectivity index is 1.65. The zero-order chi connectivity index (χ0) is 13.1. The van der Waals surface area contributed by atoms with Crippen LogP contribution < -0.4 is 5.32 Å². The topological polar surface area (TPSA) is 24.9 Å². The lowest BCUT2D eigenvalue weighted by Crippen LogP contribution is -2.34. The molecule has 1 saturated carbocycles. The molecular weight excluding hydrogens is 256 g/mol.